The van der Waals surface area contributed by atoms with Gasteiger partial charge >= 0.3 is 0 Å². The molecule has 0 aliphatic carbocycles. The van der Waals surface area contributed by atoms with Crippen molar-refractivity contribution in [1.82, 2.24) is 0 Å². The minimum atomic E-state index is 0.00393. The first-order chi connectivity index (χ1) is 8.70. The van der Waals surface area contributed by atoms with Gasteiger partial charge < -0.3 is 9.84 Å². The molecule has 2 aromatic carbocycles. The van der Waals surface area contributed by atoms with Crippen LogP contribution >= 0.6 is 15.9 Å². The minimum absolute atomic E-state index is 0.00393. The maximum absolute atomic E-state index is 9.27. The third-order valence-electron chi connectivity index (χ3n) is 2.72. The number of aliphatic hydroxyl groups is 1. The number of benzene rings is 2. The normalized spacial score (nSPS) is 10.4. The van der Waals surface area contributed by atoms with Crippen molar-refractivity contribution in [2.45, 2.75) is 20.1 Å². The van der Waals surface area contributed by atoms with Crippen LogP contribution in [0.4, 0.5) is 0 Å². The van der Waals surface area contributed by atoms with Gasteiger partial charge in [0.05, 0.1) is 6.61 Å². The predicted octanol–water partition coefficient (Wildman–Crippen LogP) is 3.83. The summed E-state index contributed by atoms with van der Waals surface area (Å²) in [6.07, 6.45) is 0. The Kier molecular flexibility index (Phi) is 4.39. The van der Waals surface area contributed by atoms with Crippen molar-refractivity contribution in [3.05, 3.63) is 63.6 Å². The number of ether oxygens (including phenoxy) is 1. The molecule has 0 bridgehead atoms. The molecule has 0 radical (unpaired) electrons. The van der Waals surface area contributed by atoms with Crippen molar-refractivity contribution in [2.75, 3.05) is 0 Å². The molecule has 2 rings (SSSR count). The number of aliphatic hydroxyl groups excluding tert-OH is 1. The molecule has 0 unspecified atom stereocenters. The summed E-state index contributed by atoms with van der Waals surface area (Å²) in [7, 11) is 0. The second kappa shape index (κ2) is 6.03. The molecule has 0 atom stereocenters. The molecule has 0 fully saturated rings. The van der Waals surface area contributed by atoms with Gasteiger partial charge in [-0.3, -0.25) is 0 Å². The molecule has 0 aromatic heterocycles. The Morgan fingerprint density at radius 3 is 2.56 bits per heavy atom. The Bertz CT molecular complexity index is 524. The number of hydrogen-bond donors (Lipinski definition) is 1. The van der Waals surface area contributed by atoms with Gasteiger partial charge in [-0.2, -0.15) is 0 Å². The van der Waals surface area contributed by atoms with E-state index in [9.17, 15) is 5.11 Å². The highest BCUT2D eigenvalue weighted by molar-refractivity contribution is 9.10. The third kappa shape index (κ3) is 3.12. The summed E-state index contributed by atoms with van der Waals surface area (Å²) in [5, 5.41) is 9.27. The molecule has 3 heteroatoms. The third-order valence-corrected chi connectivity index (χ3v) is 3.86. The van der Waals surface area contributed by atoms with Crippen LogP contribution in [0.1, 0.15) is 16.7 Å². The summed E-state index contributed by atoms with van der Waals surface area (Å²) in [4.78, 5) is 0. The summed E-state index contributed by atoms with van der Waals surface area (Å²) in [5.74, 6) is 0.781. The Labute approximate surface area is 115 Å². The van der Waals surface area contributed by atoms with Gasteiger partial charge in [0.15, 0.2) is 0 Å². The van der Waals surface area contributed by atoms with Crippen LogP contribution < -0.4 is 4.74 Å². The van der Waals surface area contributed by atoms with Crippen LogP contribution in [0.15, 0.2) is 46.9 Å². The molecular weight excluding hydrogens is 292 g/mol. The maximum atomic E-state index is 9.27. The van der Waals surface area contributed by atoms with Crippen molar-refractivity contribution in [1.29, 1.82) is 0 Å². The van der Waals surface area contributed by atoms with Crippen LogP contribution in [-0.4, -0.2) is 5.11 Å². The summed E-state index contributed by atoms with van der Waals surface area (Å²) in [5.41, 5.74) is 3.03. The van der Waals surface area contributed by atoms with Crippen LogP contribution in [0.25, 0.3) is 0 Å². The average Bonchev–Trinajstić information content (AvgIpc) is 2.41. The summed E-state index contributed by atoms with van der Waals surface area (Å²) >= 11 is 3.45. The van der Waals surface area contributed by atoms with Gasteiger partial charge in [-0.15, -0.1) is 0 Å². The molecule has 0 spiro atoms. The van der Waals surface area contributed by atoms with Gasteiger partial charge in [0.1, 0.15) is 12.4 Å². The maximum Gasteiger partial charge on any atom is 0.120 e. The van der Waals surface area contributed by atoms with Gasteiger partial charge in [-0.25, -0.2) is 0 Å². The first-order valence-corrected chi connectivity index (χ1v) is 6.56. The van der Waals surface area contributed by atoms with Crippen LogP contribution in [0.2, 0.25) is 0 Å². The van der Waals surface area contributed by atoms with Gasteiger partial charge in [0.2, 0.25) is 0 Å². The number of halogens is 1. The van der Waals surface area contributed by atoms with E-state index in [4.69, 9.17) is 4.74 Å². The fraction of sp³-hybridized carbons (Fsp3) is 0.200. The molecule has 18 heavy (non-hydrogen) atoms. The second-order valence-electron chi connectivity index (χ2n) is 4.15. The first kappa shape index (κ1) is 13.1. The predicted molar refractivity (Wildman–Crippen MR) is 75.6 cm³/mol. The minimum Gasteiger partial charge on any atom is -0.489 e. The SMILES string of the molecule is Cc1cc(OCc2ccccc2)cc(CO)c1Br. The number of aryl methyl sites for hydroxylation is 1. The fourth-order valence-electron chi connectivity index (χ4n) is 1.75. The molecule has 2 aromatic rings. The molecule has 0 amide bonds. The summed E-state index contributed by atoms with van der Waals surface area (Å²) in [6, 6.07) is 13.8. The van der Waals surface area contributed by atoms with E-state index < -0.39 is 0 Å². The van der Waals surface area contributed by atoms with Gasteiger partial charge in [0.25, 0.3) is 0 Å². The van der Waals surface area contributed by atoms with Crippen LogP contribution in [-0.2, 0) is 13.2 Å². The monoisotopic (exact) mass is 306 g/mol. The molecule has 0 aliphatic rings. The van der Waals surface area contributed by atoms with Crippen LogP contribution in [0, 0.1) is 6.92 Å². The Hall–Kier alpha value is -1.32. The average molecular weight is 307 g/mol. The zero-order valence-corrected chi connectivity index (χ0v) is 11.8. The van der Waals surface area contributed by atoms with E-state index in [0.29, 0.717) is 6.61 Å². The molecule has 0 aliphatic heterocycles. The van der Waals surface area contributed by atoms with Crippen molar-refractivity contribution >= 4 is 15.9 Å². The fourth-order valence-corrected chi connectivity index (χ4v) is 2.10. The number of hydrogen-bond acceptors (Lipinski definition) is 2. The Morgan fingerprint density at radius 1 is 1.17 bits per heavy atom. The smallest absolute Gasteiger partial charge is 0.120 e. The Balaban J connectivity index is 2.13. The molecule has 0 saturated carbocycles. The zero-order chi connectivity index (χ0) is 13.0. The second-order valence-corrected chi connectivity index (χ2v) is 4.94. The lowest BCUT2D eigenvalue weighted by molar-refractivity contribution is 0.277. The number of rotatable bonds is 4. The lowest BCUT2D eigenvalue weighted by Gasteiger charge is -2.11. The van der Waals surface area contributed by atoms with Crippen LogP contribution in [0.3, 0.4) is 0 Å². The van der Waals surface area contributed by atoms with E-state index in [2.05, 4.69) is 15.9 Å². The standard InChI is InChI=1S/C15H15BrO2/c1-11-7-14(8-13(9-17)15(11)16)18-10-12-5-3-2-4-6-12/h2-8,17H,9-10H2,1H3. The molecule has 0 heterocycles. The van der Waals surface area contributed by atoms with E-state index in [1.54, 1.807) is 0 Å². The van der Waals surface area contributed by atoms with E-state index in [1.165, 1.54) is 0 Å². The summed E-state index contributed by atoms with van der Waals surface area (Å²) in [6.45, 7) is 2.52. The van der Waals surface area contributed by atoms with Crippen LogP contribution in [0.5, 0.6) is 5.75 Å². The summed E-state index contributed by atoms with van der Waals surface area (Å²) < 4.78 is 6.68. The van der Waals surface area contributed by atoms with E-state index >= 15 is 0 Å². The van der Waals surface area contributed by atoms with Crippen molar-refractivity contribution in [2.24, 2.45) is 0 Å². The Morgan fingerprint density at radius 2 is 1.89 bits per heavy atom. The van der Waals surface area contributed by atoms with Gasteiger partial charge in [-0.05, 0) is 35.7 Å². The highest BCUT2D eigenvalue weighted by atomic mass is 79.9. The highest BCUT2D eigenvalue weighted by Crippen LogP contribution is 2.27. The quantitative estimate of drug-likeness (QED) is 0.930. The van der Waals surface area contributed by atoms with E-state index in [-0.39, 0.29) is 6.61 Å². The lowest BCUT2D eigenvalue weighted by Crippen LogP contribution is -1.97. The largest absolute Gasteiger partial charge is 0.489 e. The van der Waals surface area contributed by atoms with Gasteiger partial charge in [-0.1, -0.05) is 46.3 Å². The van der Waals surface area contributed by atoms with Crippen molar-refractivity contribution in [3.63, 3.8) is 0 Å². The lowest BCUT2D eigenvalue weighted by atomic mass is 10.1. The molecule has 0 saturated heterocycles. The van der Waals surface area contributed by atoms with Crippen molar-refractivity contribution < 1.29 is 9.84 Å². The topological polar surface area (TPSA) is 29.5 Å². The molecule has 2 nitrogen and oxygen atoms in total. The van der Waals surface area contributed by atoms with Gasteiger partial charge in [0, 0.05) is 4.47 Å². The zero-order valence-electron chi connectivity index (χ0n) is 10.2. The van der Waals surface area contributed by atoms with E-state index in [1.807, 2.05) is 49.4 Å². The first-order valence-electron chi connectivity index (χ1n) is 5.77. The van der Waals surface area contributed by atoms with Crippen molar-refractivity contribution in [3.8, 4) is 5.75 Å². The molecular formula is C15H15BrO2. The molecule has 94 valence electrons. The van der Waals surface area contributed by atoms with E-state index in [0.717, 1.165) is 26.9 Å². The highest BCUT2D eigenvalue weighted by Gasteiger charge is 2.06. The molecule has 1 N–H and O–H groups in total.